The van der Waals surface area contributed by atoms with Crippen molar-refractivity contribution in [1.29, 1.82) is 0 Å². The van der Waals surface area contributed by atoms with E-state index in [1.165, 1.54) is 25.3 Å². The van der Waals surface area contributed by atoms with Gasteiger partial charge in [0.25, 0.3) is 0 Å². The second kappa shape index (κ2) is 4.97. The first-order valence-electron chi connectivity index (χ1n) is 4.37. The number of aromatic hydroxyl groups is 1. The Labute approximate surface area is 91.6 Å². The zero-order valence-electron chi connectivity index (χ0n) is 8.51. The lowest BCUT2D eigenvalue weighted by Gasteiger charge is -2.03. The standard InChI is InChI=1S/C11H10O5/c1-16-7-2-3-9(12)8(6-7)10(13)4-5-11(14)15/h2-6,12H,1H3,(H,14,15). The number of ketones is 1. The van der Waals surface area contributed by atoms with E-state index in [-0.39, 0.29) is 11.3 Å². The fourth-order valence-electron chi connectivity index (χ4n) is 1.08. The maximum atomic E-state index is 11.5. The topological polar surface area (TPSA) is 83.8 Å². The number of carboxylic acids is 1. The molecule has 5 heteroatoms. The van der Waals surface area contributed by atoms with Gasteiger partial charge in [-0.1, -0.05) is 0 Å². The second-order valence-electron chi connectivity index (χ2n) is 2.92. The van der Waals surface area contributed by atoms with Crippen LogP contribution in [0.3, 0.4) is 0 Å². The van der Waals surface area contributed by atoms with Crippen molar-refractivity contribution in [2.24, 2.45) is 0 Å². The van der Waals surface area contributed by atoms with Crippen molar-refractivity contribution in [3.8, 4) is 11.5 Å². The summed E-state index contributed by atoms with van der Waals surface area (Å²) in [6.45, 7) is 0. The van der Waals surface area contributed by atoms with Gasteiger partial charge in [0.1, 0.15) is 11.5 Å². The Balaban J connectivity index is 3.02. The first kappa shape index (κ1) is 11.8. The zero-order valence-corrected chi connectivity index (χ0v) is 8.51. The molecule has 0 fully saturated rings. The van der Waals surface area contributed by atoms with Crippen LogP contribution in [0.2, 0.25) is 0 Å². The van der Waals surface area contributed by atoms with Crippen LogP contribution in [0.5, 0.6) is 11.5 Å². The highest BCUT2D eigenvalue weighted by molar-refractivity contribution is 6.08. The Kier molecular flexibility index (Phi) is 3.66. The number of ether oxygens (including phenoxy) is 1. The van der Waals surface area contributed by atoms with Crippen molar-refractivity contribution in [1.82, 2.24) is 0 Å². The predicted octanol–water partition coefficient (Wildman–Crippen LogP) is 1.22. The first-order valence-corrected chi connectivity index (χ1v) is 4.37. The summed E-state index contributed by atoms with van der Waals surface area (Å²) in [6, 6.07) is 4.14. The number of carboxylic acid groups (broad SMARTS) is 1. The van der Waals surface area contributed by atoms with E-state index in [0.717, 1.165) is 6.08 Å². The van der Waals surface area contributed by atoms with Crippen LogP contribution in [0.25, 0.3) is 0 Å². The van der Waals surface area contributed by atoms with Crippen molar-refractivity contribution < 1.29 is 24.5 Å². The van der Waals surface area contributed by atoms with E-state index in [0.29, 0.717) is 11.8 Å². The van der Waals surface area contributed by atoms with Crippen molar-refractivity contribution in [3.05, 3.63) is 35.9 Å². The molecule has 0 unspecified atom stereocenters. The minimum absolute atomic E-state index is 0.00292. The van der Waals surface area contributed by atoms with E-state index in [4.69, 9.17) is 9.84 Å². The number of benzene rings is 1. The number of allylic oxidation sites excluding steroid dienone is 1. The van der Waals surface area contributed by atoms with Gasteiger partial charge >= 0.3 is 5.97 Å². The van der Waals surface area contributed by atoms with E-state index in [1.807, 2.05) is 0 Å². The molecule has 16 heavy (non-hydrogen) atoms. The lowest BCUT2D eigenvalue weighted by atomic mass is 10.1. The van der Waals surface area contributed by atoms with Gasteiger partial charge in [-0.05, 0) is 24.3 Å². The van der Waals surface area contributed by atoms with Crippen LogP contribution in [0, 0.1) is 0 Å². The number of aliphatic carboxylic acids is 1. The normalized spacial score (nSPS) is 10.3. The molecule has 1 rings (SSSR count). The largest absolute Gasteiger partial charge is 0.507 e. The third kappa shape index (κ3) is 2.84. The molecule has 0 aliphatic heterocycles. The van der Waals surface area contributed by atoms with Gasteiger partial charge in [0.2, 0.25) is 0 Å². The zero-order chi connectivity index (χ0) is 12.1. The van der Waals surface area contributed by atoms with Gasteiger partial charge in [-0.15, -0.1) is 0 Å². The number of hydrogen-bond donors (Lipinski definition) is 2. The maximum Gasteiger partial charge on any atom is 0.328 e. The minimum atomic E-state index is -1.23. The molecular weight excluding hydrogens is 212 g/mol. The fourth-order valence-corrected chi connectivity index (χ4v) is 1.08. The summed E-state index contributed by atoms with van der Waals surface area (Å²) in [5, 5.41) is 17.8. The average Bonchev–Trinajstić information content (AvgIpc) is 2.26. The van der Waals surface area contributed by atoms with Crippen LogP contribution in [0.1, 0.15) is 10.4 Å². The lowest BCUT2D eigenvalue weighted by Crippen LogP contribution is -1.98. The van der Waals surface area contributed by atoms with Crippen LogP contribution in [-0.4, -0.2) is 29.1 Å². The molecule has 0 saturated carbocycles. The molecule has 0 aromatic heterocycles. The maximum absolute atomic E-state index is 11.5. The smallest absolute Gasteiger partial charge is 0.328 e. The molecule has 0 spiro atoms. The average molecular weight is 222 g/mol. The van der Waals surface area contributed by atoms with Gasteiger partial charge in [0.05, 0.1) is 12.7 Å². The highest BCUT2D eigenvalue weighted by Gasteiger charge is 2.09. The molecule has 0 atom stereocenters. The van der Waals surface area contributed by atoms with Gasteiger partial charge in [-0.2, -0.15) is 0 Å². The highest BCUT2D eigenvalue weighted by atomic mass is 16.5. The molecule has 0 saturated heterocycles. The number of methoxy groups -OCH3 is 1. The molecule has 2 N–H and O–H groups in total. The van der Waals surface area contributed by atoms with Crippen molar-refractivity contribution >= 4 is 11.8 Å². The summed E-state index contributed by atoms with van der Waals surface area (Å²) in [5.74, 6) is -1.64. The van der Waals surface area contributed by atoms with Crippen LogP contribution in [-0.2, 0) is 4.79 Å². The Morgan fingerprint density at radius 2 is 2.00 bits per heavy atom. The summed E-state index contributed by atoms with van der Waals surface area (Å²) < 4.78 is 4.88. The Hall–Kier alpha value is -2.30. The van der Waals surface area contributed by atoms with E-state index in [1.54, 1.807) is 0 Å². The van der Waals surface area contributed by atoms with E-state index < -0.39 is 11.8 Å². The summed E-state index contributed by atoms with van der Waals surface area (Å²) in [4.78, 5) is 21.7. The molecule has 5 nitrogen and oxygen atoms in total. The van der Waals surface area contributed by atoms with E-state index in [9.17, 15) is 14.7 Å². The Morgan fingerprint density at radius 3 is 2.56 bits per heavy atom. The fraction of sp³-hybridized carbons (Fsp3) is 0.0909. The van der Waals surface area contributed by atoms with Gasteiger partial charge < -0.3 is 14.9 Å². The summed E-state index contributed by atoms with van der Waals surface area (Å²) in [7, 11) is 1.42. The molecule has 1 aromatic rings. The first-order chi connectivity index (χ1) is 7.54. The number of rotatable bonds is 4. The van der Waals surface area contributed by atoms with Crippen LogP contribution >= 0.6 is 0 Å². The number of carbonyl (C=O) groups excluding carboxylic acids is 1. The summed E-state index contributed by atoms with van der Waals surface area (Å²) >= 11 is 0. The molecule has 0 amide bonds. The third-order valence-corrected chi connectivity index (χ3v) is 1.85. The molecule has 1 aromatic carbocycles. The van der Waals surface area contributed by atoms with E-state index >= 15 is 0 Å². The lowest BCUT2D eigenvalue weighted by molar-refractivity contribution is -0.131. The predicted molar refractivity (Wildman–Crippen MR) is 55.8 cm³/mol. The SMILES string of the molecule is COc1ccc(O)c(C(=O)C=CC(=O)O)c1. The summed E-state index contributed by atoms with van der Waals surface area (Å²) in [5.41, 5.74) is -0.00292. The number of carbonyl (C=O) groups is 2. The van der Waals surface area contributed by atoms with Crippen LogP contribution < -0.4 is 4.74 Å². The Morgan fingerprint density at radius 1 is 1.31 bits per heavy atom. The monoisotopic (exact) mass is 222 g/mol. The molecule has 0 aliphatic carbocycles. The highest BCUT2D eigenvalue weighted by Crippen LogP contribution is 2.23. The molecule has 84 valence electrons. The van der Waals surface area contributed by atoms with Crippen molar-refractivity contribution in [2.75, 3.05) is 7.11 Å². The molecular formula is C11H10O5. The number of phenolic OH excluding ortho intramolecular Hbond substituents is 1. The minimum Gasteiger partial charge on any atom is -0.507 e. The number of hydrogen-bond acceptors (Lipinski definition) is 4. The second-order valence-corrected chi connectivity index (χ2v) is 2.92. The Bertz CT molecular complexity index is 448. The van der Waals surface area contributed by atoms with Crippen molar-refractivity contribution in [2.45, 2.75) is 0 Å². The molecule has 0 heterocycles. The quantitative estimate of drug-likeness (QED) is 0.591. The van der Waals surface area contributed by atoms with Gasteiger partial charge in [-0.3, -0.25) is 4.79 Å². The molecule has 0 bridgehead atoms. The van der Waals surface area contributed by atoms with Gasteiger partial charge in [0, 0.05) is 6.08 Å². The van der Waals surface area contributed by atoms with Crippen LogP contribution in [0.15, 0.2) is 30.4 Å². The van der Waals surface area contributed by atoms with E-state index in [2.05, 4.69) is 0 Å². The van der Waals surface area contributed by atoms with Crippen LogP contribution in [0.4, 0.5) is 0 Å². The molecule has 0 radical (unpaired) electrons. The summed E-state index contributed by atoms with van der Waals surface area (Å²) in [6.07, 6.45) is 1.58. The van der Waals surface area contributed by atoms with Crippen molar-refractivity contribution in [3.63, 3.8) is 0 Å². The van der Waals surface area contributed by atoms with Gasteiger partial charge in [0.15, 0.2) is 5.78 Å². The molecule has 0 aliphatic rings. The van der Waals surface area contributed by atoms with Gasteiger partial charge in [-0.25, -0.2) is 4.79 Å². The number of phenols is 1. The third-order valence-electron chi connectivity index (χ3n) is 1.85.